The Labute approximate surface area is 189 Å². The molecular weight excluding hydrogens is 416 g/mol. The lowest BCUT2D eigenvalue weighted by molar-refractivity contribution is -0.0720. The summed E-state index contributed by atoms with van der Waals surface area (Å²) in [7, 11) is 0. The first-order valence-electron chi connectivity index (χ1n) is 11.5. The Bertz CT molecular complexity index is 644. The van der Waals surface area contributed by atoms with Crippen molar-refractivity contribution in [2.75, 3.05) is 66.1 Å². The maximum atomic E-state index is 12.2. The van der Waals surface area contributed by atoms with E-state index in [0.29, 0.717) is 49.4 Å². The molecule has 2 aliphatic rings. The van der Waals surface area contributed by atoms with Crippen molar-refractivity contribution in [3.63, 3.8) is 0 Å². The molecule has 0 N–H and O–H groups in total. The van der Waals surface area contributed by atoms with Crippen molar-refractivity contribution in [3.05, 3.63) is 35.4 Å². The lowest BCUT2D eigenvalue weighted by Crippen LogP contribution is -2.31. The summed E-state index contributed by atoms with van der Waals surface area (Å²) in [5.74, 6) is 0.166. The Balaban J connectivity index is 1.23. The number of benzene rings is 1. The van der Waals surface area contributed by atoms with Gasteiger partial charge in [0.2, 0.25) is 0 Å². The van der Waals surface area contributed by atoms with Crippen molar-refractivity contribution in [2.45, 2.75) is 25.7 Å². The van der Waals surface area contributed by atoms with Crippen LogP contribution in [0.25, 0.3) is 0 Å². The zero-order chi connectivity index (χ0) is 22.4. The molecular formula is C24H34O8. The van der Waals surface area contributed by atoms with Gasteiger partial charge in [0, 0.05) is 25.0 Å². The molecule has 2 saturated heterocycles. The summed E-state index contributed by atoms with van der Waals surface area (Å²) in [6, 6.07) is 6.43. The number of carbonyl (C=O) groups excluding carboxylic acids is 2. The standard InChI is InChI=1S/C24H34O8/c25-23(31-10-3-1-8-27-13-19-15-29-16-19)21-6-5-7-22(12-21)24(26)32-11-4-2-9-28-14-20-17-30-18-20/h5-7,12,19-20H,1-4,8-11,13-18H2. The minimum atomic E-state index is -0.443. The summed E-state index contributed by atoms with van der Waals surface area (Å²) < 4.78 is 31.9. The monoisotopic (exact) mass is 450 g/mol. The minimum Gasteiger partial charge on any atom is -0.462 e. The molecule has 0 spiro atoms. The fourth-order valence-electron chi connectivity index (χ4n) is 3.14. The van der Waals surface area contributed by atoms with Crippen molar-refractivity contribution < 1.29 is 38.0 Å². The molecule has 0 radical (unpaired) electrons. The Kier molecular flexibility index (Phi) is 10.9. The number of unbranched alkanes of at least 4 members (excludes halogenated alkanes) is 2. The van der Waals surface area contributed by atoms with E-state index in [4.69, 9.17) is 28.4 Å². The number of rotatable bonds is 16. The normalized spacial score (nSPS) is 16.2. The highest BCUT2D eigenvalue weighted by Crippen LogP contribution is 2.12. The lowest BCUT2D eigenvalue weighted by atomic mass is 10.1. The predicted molar refractivity (Wildman–Crippen MR) is 116 cm³/mol. The van der Waals surface area contributed by atoms with Crippen molar-refractivity contribution in [1.29, 1.82) is 0 Å². The second-order valence-corrected chi connectivity index (χ2v) is 8.22. The molecule has 1 aromatic rings. The molecule has 0 bridgehead atoms. The molecule has 8 nitrogen and oxygen atoms in total. The van der Waals surface area contributed by atoms with Crippen molar-refractivity contribution in [1.82, 2.24) is 0 Å². The van der Waals surface area contributed by atoms with E-state index < -0.39 is 11.9 Å². The van der Waals surface area contributed by atoms with Gasteiger partial charge in [-0.05, 0) is 43.9 Å². The van der Waals surface area contributed by atoms with Crippen LogP contribution in [0.15, 0.2) is 24.3 Å². The number of hydrogen-bond donors (Lipinski definition) is 0. The quantitative estimate of drug-likeness (QED) is 0.281. The predicted octanol–water partition coefficient (Wildman–Crippen LogP) is 2.89. The summed E-state index contributed by atoms with van der Waals surface area (Å²) in [4.78, 5) is 24.5. The largest absolute Gasteiger partial charge is 0.462 e. The van der Waals surface area contributed by atoms with E-state index in [1.54, 1.807) is 18.2 Å². The third kappa shape index (κ3) is 8.86. The summed E-state index contributed by atoms with van der Waals surface area (Å²) in [6.45, 7) is 6.55. The minimum absolute atomic E-state index is 0.319. The second-order valence-electron chi connectivity index (χ2n) is 8.22. The first kappa shape index (κ1) is 24.6. The van der Waals surface area contributed by atoms with Gasteiger partial charge in [0.15, 0.2) is 0 Å². The van der Waals surface area contributed by atoms with Crippen LogP contribution in [0.2, 0.25) is 0 Å². The fourth-order valence-corrected chi connectivity index (χ4v) is 3.14. The molecule has 32 heavy (non-hydrogen) atoms. The van der Waals surface area contributed by atoms with E-state index in [9.17, 15) is 9.59 Å². The van der Waals surface area contributed by atoms with Gasteiger partial charge in [-0.25, -0.2) is 9.59 Å². The average molecular weight is 451 g/mol. The van der Waals surface area contributed by atoms with Gasteiger partial charge in [-0.3, -0.25) is 0 Å². The van der Waals surface area contributed by atoms with Gasteiger partial charge >= 0.3 is 11.9 Å². The molecule has 3 rings (SSSR count). The van der Waals surface area contributed by atoms with E-state index in [0.717, 1.165) is 65.3 Å². The molecule has 2 aliphatic heterocycles. The molecule has 0 amide bonds. The summed E-state index contributed by atoms with van der Waals surface area (Å²) in [6.07, 6.45) is 3.11. The Morgan fingerprint density at radius 3 is 1.56 bits per heavy atom. The highest BCUT2D eigenvalue weighted by molar-refractivity contribution is 5.95. The Morgan fingerprint density at radius 2 is 1.16 bits per heavy atom. The zero-order valence-corrected chi connectivity index (χ0v) is 18.6. The van der Waals surface area contributed by atoms with Gasteiger partial charge < -0.3 is 28.4 Å². The summed E-state index contributed by atoms with van der Waals surface area (Å²) >= 11 is 0. The number of hydrogen-bond acceptors (Lipinski definition) is 8. The molecule has 1 aromatic carbocycles. The van der Waals surface area contributed by atoms with Gasteiger partial charge in [-0.2, -0.15) is 0 Å². The molecule has 0 unspecified atom stereocenters. The third-order valence-electron chi connectivity index (χ3n) is 5.29. The van der Waals surface area contributed by atoms with Gasteiger partial charge in [-0.15, -0.1) is 0 Å². The molecule has 2 heterocycles. The third-order valence-corrected chi connectivity index (χ3v) is 5.29. The fraction of sp³-hybridized carbons (Fsp3) is 0.667. The molecule has 178 valence electrons. The lowest BCUT2D eigenvalue weighted by Gasteiger charge is -2.25. The molecule has 0 atom stereocenters. The van der Waals surface area contributed by atoms with Crippen molar-refractivity contribution >= 4 is 11.9 Å². The number of esters is 2. The second kappa shape index (κ2) is 14.2. The van der Waals surface area contributed by atoms with Crippen LogP contribution in [0.3, 0.4) is 0 Å². The highest BCUT2D eigenvalue weighted by atomic mass is 16.5. The highest BCUT2D eigenvalue weighted by Gasteiger charge is 2.18. The van der Waals surface area contributed by atoms with Crippen LogP contribution in [-0.4, -0.2) is 78.0 Å². The van der Waals surface area contributed by atoms with E-state index in [1.165, 1.54) is 6.07 Å². The van der Waals surface area contributed by atoms with Crippen molar-refractivity contribution in [2.24, 2.45) is 11.8 Å². The molecule has 0 aromatic heterocycles. The van der Waals surface area contributed by atoms with Crippen LogP contribution in [0, 0.1) is 11.8 Å². The van der Waals surface area contributed by atoms with Crippen molar-refractivity contribution in [3.8, 4) is 0 Å². The first-order chi connectivity index (χ1) is 15.7. The van der Waals surface area contributed by atoms with E-state index in [-0.39, 0.29) is 0 Å². The number of ether oxygens (including phenoxy) is 6. The van der Waals surface area contributed by atoms with E-state index in [1.807, 2.05) is 0 Å². The average Bonchev–Trinajstić information content (AvgIpc) is 2.74. The van der Waals surface area contributed by atoms with Crippen LogP contribution in [0.4, 0.5) is 0 Å². The smallest absolute Gasteiger partial charge is 0.338 e. The molecule has 2 fully saturated rings. The van der Waals surface area contributed by atoms with Gasteiger partial charge in [0.25, 0.3) is 0 Å². The van der Waals surface area contributed by atoms with Gasteiger partial charge in [0.05, 0.1) is 64.0 Å². The maximum Gasteiger partial charge on any atom is 0.338 e. The molecule has 0 saturated carbocycles. The van der Waals surface area contributed by atoms with E-state index >= 15 is 0 Å². The van der Waals surface area contributed by atoms with Crippen LogP contribution in [0.5, 0.6) is 0 Å². The first-order valence-corrected chi connectivity index (χ1v) is 11.5. The Morgan fingerprint density at radius 1 is 0.719 bits per heavy atom. The SMILES string of the molecule is O=C(OCCCCOCC1COC1)c1cccc(C(=O)OCCCCOCC2COC2)c1. The zero-order valence-electron chi connectivity index (χ0n) is 18.6. The van der Waals surface area contributed by atoms with Crippen LogP contribution < -0.4 is 0 Å². The molecule has 8 heteroatoms. The van der Waals surface area contributed by atoms with Crippen LogP contribution >= 0.6 is 0 Å². The topological polar surface area (TPSA) is 89.5 Å². The maximum absolute atomic E-state index is 12.2. The number of carbonyl (C=O) groups is 2. The summed E-state index contributed by atoms with van der Waals surface area (Å²) in [5.41, 5.74) is 0.683. The Hall–Kier alpha value is -2.00. The van der Waals surface area contributed by atoms with Crippen LogP contribution in [0.1, 0.15) is 46.4 Å². The van der Waals surface area contributed by atoms with E-state index in [2.05, 4.69) is 0 Å². The van der Waals surface area contributed by atoms with Gasteiger partial charge in [0.1, 0.15) is 0 Å². The van der Waals surface area contributed by atoms with Crippen LogP contribution in [-0.2, 0) is 28.4 Å². The molecule has 0 aliphatic carbocycles. The summed E-state index contributed by atoms with van der Waals surface area (Å²) in [5, 5.41) is 0. The van der Waals surface area contributed by atoms with Gasteiger partial charge in [-0.1, -0.05) is 6.07 Å².